The molecule has 158 valence electrons. The Morgan fingerprint density at radius 3 is 2.70 bits per heavy atom. The van der Waals surface area contributed by atoms with Crippen LogP contribution in [-0.2, 0) is 16.7 Å². The lowest BCUT2D eigenvalue weighted by Crippen LogP contribution is -2.15. The first kappa shape index (κ1) is 20.1. The van der Waals surface area contributed by atoms with Gasteiger partial charge >= 0.3 is 10.1 Å². The van der Waals surface area contributed by atoms with Crippen molar-refractivity contribution in [3.63, 3.8) is 0 Å². The van der Waals surface area contributed by atoms with Gasteiger partial charge in [-0.25, -0.2) is 0 Å². The number of nitro benzene ring substituents is 1. The van der Waals surface area contributed by atoms with Crippen molar-refractivity contribution in [3.05, 3.63) is 40.4 Å². The highest BCUT2D eigenvalue weighted by molar-refractivity contribution is 7.86. The van der Waals surface area contributed by atoms with Gasteiger partial charge in [-0.3, -0.25) is 14.8 Å². The second-order valence-electron chi connectivity index (χ2n) is 7.46. The Kier molecular flexibility index (Phi) is 4.86. The van der Waals surface area contributed by atoms with E-state index in [9.17, 15) is 18.5 Å². The van der Waals surface area contributed by atoms with Crippen LogP contribution in [0.5, 0.6) is 5.75 Å². The molecule has 2 heterocycles. The maximum atomic E-state index is 11.6. The number of fused-ring (bicyclic) bond motifs is 2. The smallest absolute Gasteiger partial charge is 0.306 e. The summed E-state index contributed by atoms with van der Waals surface area (Å²) >= 11 is 0. The van der Waals surface area contributed by atoms with Crippen LogP contribution in [0.25, 0.3) is 22.2 Å². The fourth-order valence-corrected chi connectivity index (χ4v) is 4.08. The van der Waals surface area contributed by atoms with Crippen LogP contribution in [0.3, 0.4) is 0 Å². The van der Waals surface area contributed by atoms with E-state index in [1.165, 1.54) is 12.1 Å². The van der Waals surface area contributed by atoms with E-state index in [1.807, 2.05) is 18.8 Å². The quantitative estimate of drug-likeness (QED) is 0.269. The molecule has 1 aliphatic rings. The Bertz CT molecular complexity index is 1270. The van der Waals surface area contributed by atoms with Crippen LogP contribution < -0.4 is 9.50 Å². The Morgan fingerprint density at radius 1 is 1.27 bits per heavy atom. The van der Waals surface area contributed by atoms with Crippen molar-refractivity contribution in [1.29, 1.82) is 0 Å². The van der Waals surface area contributed by atoms with Gasteiger partial charge in [-0.05, 0) is 51.3 Å². The largest absolute Gasteiger partial charge is 0.383 e. The van der Waals surface area contributed by atoms with Gasteiger partial charge < -0.3 is 14.4 Å². The Labute approximate surface area is 173 Å². The Morgan fingerprint density at radius 2 is 2.03 bits per heavy atom. The molecule has 0 aliphatic carbocycles. The summed E-state index contributed by atoms with van der Waals surface area (Å²) < 4.78 is 29.9. The number of nitro groups is 1. The average Bonchev–Trinajstić information content (AvgIpc) is 3.01. The molecule has 0 fully saturated rings. The van der Waals surface area contributed by atoms with E-state index in [1.54, 1.807) is 18.2 Å². The number of aromatic nitrogens is 2. The van der Waals surface area contributed by atoms with Gasteiger partial charge in [-0.2, -0.15) is 13.5 Å². The van der Waals surface area contributed by atoms with Gasteiger partial charge in [0, 0.05) is 23.9 Å². The van der Waals surface area contributed by atoms with E-state index in [0.29, 0.717) is 34.6 Å². The van der Waals surface area contributed by atoms with Gasteiger partial charge in [-0.1, -0.05) is 0 Å². The van der Waals surface area contributed by atoms with Crippen molar-refractivity contribution in [2.75, 3.05) is 32.2 Å². The molecular weight excluding hydrogens is 410 g/mol. The third-order valence-electron chi connectivity index (χ3n) is 4.82. The lowest BCUT2D eigenvalue weighted by molar-refractivity contribution is -0.383. The number of rotatable bonds is 7. The first-order chi connectivity index (χ1) is 14.1. The van der Waals surface area contributed by atoms with E-state index in [2.05, 4.69) is 10.2 Å². The zero-order chi connectivity index (χ0) is 21.6. The topological polar surface area (TPSA) is 120 Å². The normalized spacial score (nSPS) is 12.7. The van der Waals surface area contributed by atoms with Crippen molar-refractivity contribution < 1.29 is 17.5 Å². The standard InChI is InChI=1S/C19H21N5O5S/c1-22(2)9-4-10-23-15-7-8-16(24(25)26)19-17(15)18(21-23)13-11-12(29-30(3,27)28)5-6-14(13)20-19/h5-8,11,20H,4,9-10H2,1-3H3. The number of nitrogens with zero attached hydrogens (tertiary/aromatic N) is 4. The molecule has 10 nitrogen and oxygen atoms in total. The van der Waals surface area contributed by atoms with Gasteiger partial charge in [0.25, 0.3) is 5.69 Å². The molecule has 0 saturated carbocycles. The molecule has 4 rings (SSSR count). The zero-order valence-corrected chi connectivity index (χ0v) is 17.6. The van der Waals surface area contributed by atoms with Crippen LogP contribution in [0.2, 0.25) is 0 Å². The Hall–Kier alpha value is -3.18. The van der Waals surface area contributed by atoms with E-state index in [-0.39, 0.29) is 11.4 Å². The lowest BCUT2D eigenvalue weighted by atomic mass is 9.99. The van der Waals surface area contributed by atoms with E-state index in [0.717, 1.165) is 24.7 Å². The highest BCUT2D eigenvalue weighted by atomic mass is 32.2. The second-order valence-corrected chi connectivity index (χ2v) is 9.03. The molecule has 1 aliphatic heterocycles. The summed E-state index contributed by atoms with van der Waals surface area (Å²) in [5, 5.41) is 20.1. The van der Waals surface area contributed by atoms with Crippen molar-refractivity contribution in [1.82, 2.24) is 14.7 Å². The molecule has 1 N–H and O–H groups in total. The van der Waals surface area contributed by atoms with Gasteiger partial charge in [0.15, 0.2) is 0 Å². The second kappa shape index (κ2) is 7.26. The average molecular weight is 431 g/mol. The summed E-state index contributed by atoms with van der Waals surface area (Å²) in [7, 11) is 0.295. The molecule has 0 bridgehead atoms. The summed E-state index contributed by atoms with van der Waals surface area (Å²) in [6.45, 7) is 1.51. The maximum absolute atomic E-state index is 11.6. The molecule has 30 heavy (non-hydrogen) atoms. The number of benzene rings is 2. The van der Waals surface area contributed by atoms with Crippen LogP contribution in [0, 0.1) is 10.1 Å². The number of hydrogen-bond donors (Lipinski definition) is 1. The molecule has 0 amide bonds. The summed E-state index contributed by atoms with van der Waals surface area (Å²) in [5.41, 5.74) is 2.89. The molecule has 0 saturated heterocycles. The highest BCUT2D eigenvalue weighted by Crippen LogP contribution is 2.48. The molecule has 1 aromatic heterocycles. The van der Waals surface area contributed by atoms with E-state index >= 15 is 0 Å². The van der Waals surface area contributed by atoms with E-state index in [4.69, 9.17) is 9.28 Å². The predicted octanol–water partition coefficient (Wildman–Crippen LogP) is 2.96. The van der Waals surface area contributed by atoms with Crippen LogP contribution in [0.1, 0.15) is 6.42 Å². The fourth-order valence-electron chi connectivity index (χ4n) is 3.62. The molecule has 0 spiro atoms. The number of aryl methyl sites for hydroxylation is 1. The Balaban J connectivity index is 1.88. The summed E-state index contributed by atoms with van der Waals surface area (Å²) in [4.78, 5) is 13.2. The summed E-state index contributed by atoms with van der Waals surface area (Å²) in [5.74, 6) is 0.155. The molecule has 11 heteroatoms. The number of nitrogens with one attached hydrogen (secondary N) is 1. The molecule has 2 aromatic carbocycles. The molecular formula is C19H21N5O5S. The van der Waals surface area contributed by atoms with Gasteiger partial charge in [0.2, 0.25) is 0 Å². The monoisotopic (exact) mass is 431 g/mol. The van der Waals surface area contributed by atoms with Crippen LogP contribution in [0.4, 0.5) is 17.1 Å². The van der Waals surface area contributed by atoms with Crippen molar-refractivity contribution >= 4 is 38.1 Å². The first-order valence-electron chi connectivity index (χ1n) is 9.27. The number of hydrogen-bond acceptors (Lipinski definition) is 8. The van der Waals surface area contributed by atoms with Crippen LogP contribution >= 0.6 is 0 Å². The van der Waals surface area contributed by atoms with Crippen molar-refractivity contribution in [2.24, 2.45) is 0 Å². The van der Waals surface area contributed by atoms with Crippen LogP contribution in [0.15, 0.2) is 30.3 Å². The molecule has 0 radical (unpaired) electrons. The third kappa shape index (κ3) is 3.68. The molecule has 0 unspecified atom stereocenters. The number of anilines is 2. The van der Waals surface area contributed by atoms with Crippen molar-refractivity contribution in [2.45, 2.75) is 13.0 Å². The lowest BCUT2D eigenvalue weighted by Gasteiger charge is -2.18. The minimum atomic E-state index is -3.69. The predicted molar refractivity (Wildman–Crippen MR) is 114 cm³/mol. The maximum Gasteiger partial charge on any atom is 0.306 e. The van der Waals surface area contributed by atoms with E-state index < -0.39 is 15.0 Å². The first-order valence-corrected chi connectivity index (χ1v) is 11.1. The van der Waals surface area contributed by atoms with Crippen LogP contribution in [-0.4, -0.2) is 54.9 Å². The SMILES string of the molecule is CN(C)CCCn1nc2c3c(c([N+](=O)[O-])ccc31)Nc1ccc(OS(C)(=O)=O)cc1-2. The highest BCUT2D eigenvalue weighted by Gasteiger charge is 2.29. The van der Waals surface area contributed by atoms with Gasteiger partial charge in [0.05, 0.1) is 22.1 Å². The molecule has 3 aromatic rings. The molecule has 0 atom stereocenters. The van der Waals surface area contributed by atoms with Gasteiger partial charge in [0.1, 0.15) is 17.1 Å². The summed E-state index contributed by atoms with van der Waals surface area (Å²) in [6.07, 6.45) is 1.83. The summed E-state index contributed by atoms with van der Waals surface area (Å²) in [6, 6.07) is 7.89. The van der Waals surface area contributed by atoms with Crippen molar-refractivity contribution in [3.8, 4) is 17.0 Å². The minimum Gasteiger partial charge on any atom is -0.383 e. The fraction of sp³-hybridized carbons (Fsp3) is 0.316. The van der Waals surface area contributed by atoms with Gasteiger partial charge in [-0.15, -0.1) is 0 Å². The zero-order valence-electron chi connectivity index (χ0n) is 16.7. The third-order valence-corrected chi connectivity index (χ3v) is 5.32. The minimum absolute atomic E-state index is 0.0429.